The van der Waals surface area contributed by atoms with Crippen LogP contribution in [0.2, 0.25) is 0 Å². The Bertz CT molecular complexity index is 975. The van der Waals surface area contributed by atoms with Gasteiger partial charge in [0.25, 0.3) is 5.91 Å². The van der Waals surface area contributed by atoms with E-state index in [0.29, 0.717) is 30.2 Å². The number of hydrogen-bond donors (Lipinski definition) is 1. The first-order valence-corrected chi connectivity index (χ1v) is 10.0. The SMILES string of the molecule is Cc1ccc(O[C@@H]2CCN(S(=O)(=O)c3ccc4c(c3)NC(=O)CO4)C2)cn1. The average molecular weight is 389 g/mol. The molecule has 1 saturated heterocycles. The van der Waals surface area contributed by atoms with Crippen molar-refractivity contribution in [2.24, 2.45) is 0 Å². The number of ether oxygens (including phenoxy) is 2. The molecule has 9 heteroatoms. The van der Waals surface area contributed by atoms with E-state index < -0.39 is 10.0 Å². The molecule has 27 heavy (non-hydrogen) atoms. The van der Waals surface area contributed by atoms with Crippen LogP contribution in [0.25, 0.3) is 0 Å². The molecule has 0 unspecified atom stereocenters. The highest BCUT2D eigenvalue weighted by Gasteiger charge is 2.34. The number of benzene rings is 1. The molecule has 0 aliphatic carbocycles. The third-order valence-corrected chi connectivity index (χ3v) is 6.38. The Kier molecular flexibility index (Phi) is 4.48. The molecule has 2 aromatic rings. The number of aromatic nitrogens is 1. The van der Waals surface area contributed by atoms with Gasteiger partial charge in [-0.3, -0.25) is 9.78 Å². The maximum atomic E-state index is 12.9. The summed E-state index contributed by atoms with van der Waals surface area (Å²) in [7, 11) is -3.69. The average Bonchev–Trinajstić information content (AvgIpc) is 3.12. The number of aryl methyl sites for hydroxylation is 1. The number of carbonyl (C=O) groups excluding carboxylic acids is 1. The zero-order chi connectivity index (χ0) is 19.0. The van der Waals surface area contributed by atoms with Crippen molar-refractivity contribution in [3.05, 3.63) is 42.2 Å². The van der Waals surface area contributed by atoms with Gasteiger partial charge in [-0.2, -0.15) is 4.31 Å². The topological polar surface area (TPSA) is 97.8 Å². The number of anilines is 1. The van der Waals surface area contributed by atoms with Crippen molar-refractivity contribution in [1.82, 2.24) is 9.29 Å². The van der Waals surface area contributed by atoms with Gasteiger partial charge in [0.1, 0.15) is 17.6 Å². The fourth-order valence-electron chi connectivity index (χ4n) is 3.10. The Balaban J connectivity index is 1.49. The monoisotopic (exact) mass is 389 g/mol. The number of hydrogen-bond acceptors (Lipinski definition) is 6. The molecule has 1 aromatic heterocycles. The van der Waals surface area contributed by atoms with Gasteiger partial charge in [0.15, 0.2) is 6.61 Å². The Morgan fingerprint density at radius 1 is 1.30 bits per heavy atom. The number of nitrogens with one attached hydrogen (secondary N) is 1. The number of fused-ring (bicyclic) bond motifs is 1. The van der Waals surface area contributed by atoms with Crippen LogP contribution in [-0.4, -0.2) is 49.4 Å². The van der Waals surface area contributed by atoms with Crippen molar-refractivity contribution in [2.45, 2.75) is 24.3 Å². The number of amides is 1. The van der Waals surface area contributed by atoms with E-state index in [1.807, 2.05) is 19.1 Å². The summed E-state index contributed by atoms with van der Waals surface area (Å²) < 4.78 is 38.4. The van der Waals surface area contributed by atoms with E-state index in [2.05, 4.69) is 10.3 Å². The number of carbonyl (C=O) groups is 1. The van der Waals surface area contributed by atoms with Crippen LogP contribution in [0.3, 0.4) is 0 Å². The number of rotatable bonds is 4. The fraction of sp³-hybridized carbons (Fsp3) is 0.333. The Hall–Kier alpha value is -2.65. The second kappa shape index (κ2) is 6.82. The molecular weight excluding hydrogens is 370 g/mol. The zero-order valence-electron chi connectivity index (χ0n) is 14.7. The third kappa shape index (κ3) is 3.60. The van der Waals surface area contributed by atoms with Crippen molar-refractivity contribution in [3.8, 4) is 11.5 Å². The highest BCUT2D eigenvalue weighted by molar-refractivity contribution is 7.89. The summed E-state index contributed by atoms with van der Waals surface area (Å²) in [6.45, 7) is 2.44. The Morgan fingerprint density at radius 3 is 2.93 bits per heavy atom. The minimum atomic E-state index is -3.69. The largest absolute Gasteiger partial charge is 0.487 e. The molecule has 8 nitrogen and oxygen atoms in total. The van der Waals surface area contributed by atoms with Gasteiger partial charge in [-0.15, -0.1) is 0 Å². The maximum Gasteiger partial charge on any atom is 0.262 e. The predicted molar refractivity (Wildman–Crippen MR) is 97.3 cm³/mol. The Morgan fingerprint density at radius 2 is 2.15 bits per heavy atom. The zero-order valence-corrected chi connectivity index (χ0v) is 15.5. The lowest BCUT2D eigenvalue weighted by Crippen LogP contribution is -2.31. The quantitative estimate of drug-likeness (QED) is 0.852. The van der Waals surface area contributed by atoms with Gasteiger partial charge in [0.05, 0.1) is 23.3 Å². The molecule has 4 rings (SSSR count). The first kappa shape index (κ1) is 17.7. The van der Waals surface area contributed by atoms with Crippen molar-refractivity contribution in [1.29, 1.82) is 0 Å². The molecule has 1 aromatic carbocycles. The normalized spacial score (nSPS) is 19.9. The van der Waals surface area contributed by atoms with Crippen LogP contribution < -0.4 is 14.8 Å². The smallest absolute Gasteiger partial charge is 0.262 e. The van der Waals surface area contributed by atoms with Gasteiger partial charge < -0.3 is 14.8 Å². The molecule has 2 aliphatic rings. The summed E-state index contributed by atoms with van der Waals surface area (Å²) in [5, 5.41) is 2.63. The highest BCUT2D eigenvalue weighted by Crippen LogP contribution is 2.32. The summed E-state index contributed by atoms with van der Waals surface area (Å²) in [5.41, 5.74) is 1.26. The van der Waals surface area contributed by atoms with Gasteiger partial charge in [0, 0.05) is 12.2 Å². The van der Waals surface area contributed by atoms with E-state index in [1.165, 1.54) is 16.4 Å². The molecule has 142 valence electrons. The molecule has 3 heterocycles. The van der Waals surface area contributed by atoms with Gasteiger partial charge in [-0.05, 0) is 43.7 Å². The molecule has 1 N–H and O–H groups in total. The molecule has 0 bridgehead atoms. The minimum absolute atomic E-state index is 0.0713. The molecular formula is C18H19N3O5S. The summed E-state index contributed by atoms with van der Waals surface area (Å²) >= 11 is 0. The van der Waals surface area contributed by atoms with Crippen LogP contribution in [0.15, 0.2) is 41.4 Å². The van der Waals surface area contributed by atoms with E-state index in [1.54, 1.807) is 12.3 Å². The highest BCUT2D eigenvalue weighted by atomic mass is 32.2. The number of sulfonamides is 1. The second-order valence-corrected chi connectivity index (χ2v) is 8.46. The maximum absolute atomic E-state index is 12.9. The van der Waals surface area contributed by atoms with Gasteiger partial charge >= 0.3 is 0 Å². The van der Waals surface area contributed by atoms with Gasteiger partial charge in [0.2, 0.25) is 10.0 Å². The van der Waals surface area contributed by atoms with Crippen molar-refractivity contribution < 1.29 is 22.7 Å². The number of pyridine rings is 1. The summed E-state index contributed by atoms with van der Waals surface area (Å²) in [6, 6.07) is 8.15. The molecule has 0 saturated carbocycles. The molecule has 1 atom stereocenters. The lowest BCUT2D eigenvalue weighted by atomic mass is 10.2. The van der Waals surface area contributed by atoms with Crippen LogP contribution >= 0.6 is 0 Å². The summed E-state index contributed by atoms with van der Waals surface area (Å²) in [4.78, 5) is 15.8. The van der Waals surface area contributed by atoms with E-state index in [9.17, 15) is 13.2 Å². The first-order valence-electron chi connectivity index (χ1n) is 8.58. The van der Waals surface area contributed by atoms with Crippen LogP contribution in [0.4, 0.5) is 5.69 Å². The lowest BCUT2D eigenvalue weighted by molar-refractivity contribution is -0.118. The van der Waals surface area contributed by atoms with E-state index in [-0.39, 0.29) is 30.1 Å². The van der Waals surface area contributed by atoms with Crippen LogP contribution in [0.5, 0.6) is 11.5 Å². The standard InChI is InChI=1S/C18H19N3O5S/c1-12-2-3-13(9-19-12)26-14-6-7-21(10-14)27(23,24)15-4-5-17-16(8-15)20-18(22)11-25-17/h2-5,8-9,14H,6-7,10-11H2,1H3,(H,20,22)/t14-/m1/s1. The summed E-state index contributed by atoms with van der Waals surface area (Å²) in [5.74, 6) is 0.778. The molecule has 0 spiro atoms. The predicted octanol–water partition coefficient (Wildman–Crippen LogP) is 1.56. The van der Waals surface area contributed by atoms with Crippen LogP contribution in [-0.2, 0) is 14.8 Å². The molecule has 1 amide bonds. The second-order valence-electron chi connectivity index (χ2n) is 6.52. The van der Waals surface area contributed by atoms with E-state index in [0.717, 1.165) is 5.69 Å². The third-order valence-electron chi connectivity index (χ3n) is 4.52. The fourth-order valence-corrected chi connectivity index (χ4v) is 4.61. The van der Waals surface area contributed by atoms with Gasteiger partial charge in [-0.25, -0.2) is 8.42 Å². The number of nitrogens with zero attached hydrogens (tertiary/aromatic N) is 2. The van der Waals surface area contributed by atoms with Crippen molar-refractivity contribution >= 4 is 21.6 Å². The lowest BCUT2D eigenvalue weighted by Gasteiger charge is -2.21. The minimum Gasteiger partial charge on any atom is -0.487 e. The van der Waals surface area contributed by atoms with Crippen molar-refractivity contribution in [2.75, 3.05) is 25.0 Å². The molecule has 1 fully saturated rings. The molecule has 0 radical (unpaired) electrons. The van der Waals surface area contributed by atoms with E-state index in [4.69, 9.17) is 9.47 Å². The van der Waals surface area contributed by atoms with E-state index >= 15 is 0 Å². The van der Waals surface area contributed by atoms with Gasteiger partial charge in [-0.1, -0.05) is 0 Å². The molecule has 2 aliphatic heterocycles. The Labute approximate surface area is 157 Å². The summed E-state index contributed by atoms with van der Waals surface area (Å²) in [6.07, 6.45) is 2.00. The van der Waals surface area contributed by atoms with Crippen LogP contribution in [0.1, 0.15) is 12.1 Å². The van der Waals surface area contributed by atoms with Crippen LogP contribution in [0, 0.1) is 6.92 Å². The first-order chi connectivity index (χ1) is 12.9. The van der Waals surface area contributed by atoms with Crippen molar-refractivity contribution in [3.63, 3.8) is 0 Å².